The summed E-state index contributed by atoms with van der Waals surface area (Å²) in [6, 6.07) is 0. The summed E-state index contributed by atoms with van der Waals surface area (Å²) in [4.78, 5) is 22.6. The third-order valence-electron chi connectivity index (χ3n) is 2.83. The molecule has 8 heteroatoms. The van der Waals surface area contributed by atoms with Crippen LogP contribution in [0.4, 0.5) is 5.82 Å². The number of aromatic amines is 1. The molecule has 98 valence electrons. The predicted molar refractivity (Wildman–Crippen MR) is 75.3 cm³/mol. The van der Waals surface area contributed by atoms with Crippen molar-refractivity contribution < 1.29 is 0 Å². The summed E-state index contributed by atoms with van der Waals surface area (Å²) in [5, 5.41) is 0.139. The Bertz CT molecular complexity index is 497. The maximum atomic E-state index is 11.4. The first-order chi connectivity index (χ1) is 8.58. The first-order valence-electron chi connectivity index (χ1n) is 5.56. The Balaban J connectivity index is 2.03. The van der Waals surface area contributed by atoms with Gasteiger partial charge in [0.15, 0.2) is 5.82 Å². The van der Waals surface area contributed by atoms with Gasteiger partial charge in [0.2, 0.25) is 0 Å². The van der Waals surface area contributed by atoms with E-state index in [0.29, 0.717) is 17.4 Å². The normalized spacial score (nSPS) is 16.8. The van der Waals surface area contributed by atoms with Crippen LogP contribution in [0, 0.1) is 0 Å². The number of halogens is 1. The zero-order valence-corrected chi connectivity index (χ0v) is 11.3. The average molecular weight is 288 g/mol. The van der Waals surface area contributed by atoms with Crippen molar-refractivity contribution in [3.63, 3.8) is 0 Å². The summed E-state index contributed by atoms with van der Waals surface area (Å²) in [6.07, 6.45) is 1.37. The molecule has 1 fully saturated rings. The quantitative estimate of drug-likeness (QED) is 0.752. The second-order valence-electron chi connectivity index (χ2n) is 4.10. The number of rotatable bonds is 3. The molecule has 2 rings (SSSR count). The van der Waals surface area contributed by atoms with Crippen molar-refractivity contribution in [3.8, 4) is 0 Å². The van der Waals surface area contributed by atoms with E-state index in [0.717, 1.165) is 26.2 Å². The van der Waals surface area contributed by atoms with Crippen LogP contribution in [0.25, 0.3) is 0 Å². The summed E-state index contributed by atoms with van der Waals surface area (Å²) in [6.45, 7) is 3.77. The molecular weight excluding hydrogens is 274 g/mol. The lowest BCUT2D eigenvalue weighted by Crippen LogP contribution is -2.49. The van der Waals surface area contributed by atoms with E-state index in [1.54, 1.807) is 0 Å². The molecule has 1 aliphatic rings. The van der Waals surface area contributed by atoms with Gasteiger partial charge in [0, 0.05) is 32.7 Å². The van der Waals surface area contributed by atoms with Crippen LogP contribution in [0.1, 0.15) is 0 Å². The largest absolute Gasteiger partial charge is 0.392 e. The Morgan fingerprint density at radius 3 is 2.78 bits per heavy atom. The van der Waals surface area contributed by atoms with E-state index in [1.807, 2.05) is 4.90 Å². The summed E-state index contributed by atoms with van der Waals surface area (Å²) in [5.74, 6) is 0.537. The summed E-state index contributed by atoms with van der Waals surface area (Å²) >= 11 is 10.8. The van der Waals surface area contributed by atoms with E-state index in [4.69, 9.17) is 29.6 Å². The lowest BCUT2D eigenvalue weighted by atomic mass is 10.3. The maximum Gasteiger partial charge on any atom is 0.271 e. The van der Waals surface area contributed by atoms with Gasteiger partial charge in [-0.05, 0) is 0 Å². The predicted octanol–water partition coefficient (Wildman–Crippen LogP) is -0.169. The van der Waals surface area contributed by atoms with Gasteiger partial charge in [0.05, 0.1) is 11.3 Å². The van der Waals surface area contributed by atoms with Gasteiger partial charge in [-0.1, -0.05) is 23.8 Å². The van der Waals surface area contributed by atoms with Gasteiger partial charge in [-0.3, -0.25) is 9.69 Å². The molecule has 0 amide bonds. The number of thiocarbonyl (C=S) groups is 1. The van der Waals surface area contributed by atoms with Gasteiger partial charge in [0.1, 0.15) is 5.02 Å². The number of piperazine rings is 1. The van der Waals surface area contributed by atoms with E-state index >= 15 is 0 Å². The van der Waals surface area contributed by atoms with Crippen LogP contribution < -0.4 is 16.2 Å². The number of aromatic nitrogens is 2. The average Bonchev–Trinajstić information content (AvgIpc) is 2.33. The molecule has 18 heavy (non-hydrogen) atoms. The Labute approximate surface area is 115 Å². The van der Waals surface area contributed by atoms with Crippen LogP contribution in [0.2, 0.25) is 5.02 Å². The zero-order valence-electron chi connectivity index (χ0n) is 9.73. The third kappa shape index (κ3) is 2.98. The minimum atomic E-state index is -0.313. The highest BCUT2D eigenvalue weighted by molar-refractivity contribution is 7.80. The van der Waals surface area contributed by atoms with E-state index < -0.39 is 0 Å². The fourth-order valence-electron chi connectivity index (χ4n) is 1.93. The van der Waals surface area contributed by atoms with Crippen molar-refractivity contribution in [1.82, 2.24) is 14.9 Å². The minimum Gasteiger partial charge on any atom is -0.392 e. The van der Waals surface area contributed by atoms with Crippen LogP contribution in [-0.4, -0.2) is 52.6 Å². The number of nitrogens with zero attached hydrogens (tertiary/aromatic N) is 3. The van der Waals surface area contributed by atoms with Crippen molar-refractivity contribution in [3.05, 3.63) is 21.7 Å². The van der Waals surface area contributed by atoms with Gasteiger partial charge in [0.25, 0.3) is 5.56 Å². The minimum absolute atomic E-state index is 0.139. The molecule has 6 nitrogen and oxygen atoms in total. The summed E-state index contributed by atoms with van der Waals surface area (Å²) < 4.78 is 0. The lowest BCUT2D eigenvalue weighted by Gasteiger charge is -2.35. The van der Waals surface area contributed by atoms with Gasteiger partial charge in [-0.15, -0.1) is 0 Å². The number of anilines is 1. The Morgan fingerprint density at radius 2 is 2.17 bits per heavy atom. The molecule has 2 heterocycles. The molecular formula is C10H14ClN5OS. The molecule has 0 saturated carbocycles. The van der Waals surface area contributed by atoms with Gasteiger partial charge in [-0.25, -0.2) is 4.98 Å². The van der Waals surface area contributed by atoms with E-state index in [1.165, 1.54) is 6.33 Å². The molecule has 1 aromatic rings. The van der Waals surface area contributed by atoms with Crippen molar-refractivity contribution in [2.75, 3.05) is 37.6 Å². The van der Waals surface area contributed by atoms with Crippen molar-refractivity contribution in [1.29, 1.82) is 0 Å². The molecule has 1 saturated heterocycles. The molecule has 0 aliphatic carbocycles. The molecule has 3 N–H and O–H groups in total. The van der Waals surface area contributed by atoms with Crippen LogP contribution in [-0.2, 0) is 0 Å². The maximum absolute atomic E-state index is 11.4. The van der Waals surface area contributed by atoms with Gasteiger partial charge in [-0.2, -0.15) is 0 Å². The number of H-pyrrole nitrogens is 1. The monoisotopic (exact) mass is 287 g/mol. The van der Waals surface area contributed by atoms with Gasteiger partial charge >= 0.3 is 0 Å². The van der Waals surface area contributed by atoms with Crippen LogP contribution in [0.3, 0.4) is 0 Å². The molecule has 0 radical (unpaired) electrons. The fraction of sp³-hybridized carbons (Fsp3) is 0.500. The molecule has 0 bridgehead atoms. The van der Waals surface area contributed by atoms with Crippen LogP contribution in [0.15, 0.2) is 11.1 Å². The molecule has 0 spiro atoms. The van der Waals surface area contributed by atoms with Crippen molar-refractivity contribution >= 4 is 34.6 Å². The topological polar surface area (TPSA) is 78.2 Å². The van der Waals surface area contributed by atoms with E-state index in [9.17, 15) is 4.79 Å². The highest BCUT2D eigenvalue weighted by Gasteiger charge is 2.20. The molecule has 1 aromatic heterocycles. The Morgan fingerprint density at radius 1 is 1.50 bits per heavy atom. The number of hydrogen-bond donors (Lipinski definition) is 2. The number of hydrogen-bond acceptors (Lipinski definition) is 5. The Hall–Kier alpha value is -1.18. The number of nitrogens with one attached hydrogen (secondary N) is 1. The third-order valence-corrected chi connectivity index (χ3v) is 3.30. The van der Waals surface area contributed by atoms with Crippen LogP contribution >= 0.6 is 23.8 Å². The molecule has 1 aliphatic heterocycles. The molecule has 0 atom stereocenters. The summed E-state index contributed by atoms with van der Waals surface area (Å²) in [5.41, 5.74) is 5.20. The Kier molecular flexibility index (Phi) is 4.15. The van der Waals surface area contributed by atoms with Crippen molar-refractivity contribution in [2.24, 2.45) is 5.73 Å². The number of nitrogens with two attached hydrogens (primary N) is 1. The summed E-state index contributed by atoms with van der Waals surface area (Å²) in [7, 11) is 0. The molecule has 0 aromatic carbocycles. The second-order valence-corrected chi connectivity index (χ2v) is 5.00. The molecule has 0 unspecified atom stereocenters. The standard InChI is InChI=1S/C10H14ClN5OS/c11-8-9(13-6-14-10(8)17)16-3-1-15(2-4-16)5-7(12)18/h6H,1-5H2,(H2,12,18)(H,13,14,17). The van der Waals surface area contributed by atoms with E-state index in [2.05, 4.69) is 14.9 Å². The highest BCUT2D eigenvalue weighted by Crippen LogP contribution is 2.19. The second kappa shape index (κ2) is 5.64. The van der Waals surface area contributed by atoms with Gasteiger partial charge < -0.3 is 15.6 Å². The zero-order chi connectivity index (χ0) is 13.1. The fourth-order valence-corrected chi connectivity index (χ4v) is 2.34. The first-order valence-corrected chi connectivity index (χ1v) is 6.35. The lowest BCUT2D eigenvalue weighted by molar-refractivity contribution is 0.291. The van der Waals surface area contributed by atoms with Crippen molar-refractivity contribution in [2.45, 2.75) is 0 Å². The first kappa shape index (κ1) is 13.3. The van der Waals surface area contributed by atoms with Crippen LogP contribution in [0.5, 0.6) is 0 Å². The SMILES string of the molecule is NC(=S)CN1CCN(c2nc[nH]c(=O)c2Cl)CC1. The van der Waals surface area contributed by atoms with E-state index in [-0.39, 0.29) is 10.6 Å². The highest BCUT2D eigenvalue weighted by atomic mass is 35.5. The smallest absolute Gasteiger partial charge is 0.271 e.